The first kappa shape index (κ1) is 19.4. The summed E-state index contributed by atoms with van der Waals surface area (Å²) in [6.07, 6.45) is 2.27. The number of aliphatic hydroxyl groups excluding tert-OH is 1. The zero-order valence-corrected chi connectivity index (χ0v) is 17.0. The molecular formula is C22H34O5. The van der Waals surface area contributed by atoms with Gasteiger partial charge in [0.15, 0.2) is 0 Å². The van der Waals surface area contributed by atoms with Gasteiger partial charge in [-0.15, -0.1) is 0 Å². The third-order valence-corrected chi connectivity index (χ3v) is 7.80. The summed E-state index contributed by atoms with van der Waals surface area (Å²) in [6, 6.07) is 0. The first-order valence-electron chi connectivity index (χ1n) is 10.5. The van der Waals surface area contributed by atoms with Crippen LogP contribution in [0.1, 0.15) is 53.4 Å². The number of rotatable bonds is 1. The molecule has 4 fully saturated rings. The largest absolute Gasteiger partial charge is 0.462 e. The van der Waals surface area contributed by atoms with E-state index in [-0.39, 0.29) is 42.0 Å². The first-order valence-corrected chi connectivity index (χ1v) is 10.5. The molecule has 0 aromatic rings. The van der Waals surface area contributed by atoms with Gasteiger partial charge in [-0.1, -0.05) is 26.0 Å². The van der Waals surface area contributed by atoms with Crippen molar-refractivity contribution in [2.24, 2.45) is 29.6 Å². The van der Waals surface area contributed by atoms with Crippen molar-refractivity contribution in [2.75, 3.05) is 6.61 Å². The molecule has 1 saturated carbocycles. The van der Waals surface area contributed by atoms with Crippen LogP contribution in [0, 0.1) is 29.6 Å². The number of carbonyl (C=O) groups excluding carboxylic acids is 1. The molecule has 1 unspecified atom stereocenters. The lowest BCUT2D eigenvalue weighted by atomic mass is 9.59. The second kappa shape index (κ2) is 6.85. The monoisotopic (exact) mass is 378 g/mol. The Morgan fingerprint density at radius 3 is 2.74 bits per heavy atom. The fraction of sp³-hybridized carbons (Fsp3) is 0.864. The van der Waals surface area contributed by atoms with E-state index >= 15 is 0 Å². The van der Waals surface area contributed by atoms with Gasteiger partial charge >= 0.3 is 5.97 Å². The lowest BCUT2D eigenvalue weighted by Gasteiger charge is -2.47. The predicted molar refractivity (Wildman–Crippen MR) is 101 cm³/mol. The summed E-state index contributed by atoms with van der Waals surface area (Å²) in [5, 5.41) is 11.1. The van der Waals surface area contributed by atoms with Crippen molar-refractivity contribution in [2.45, 2.75) is 83.4 Å². The molecule has 152 valence electrons. The fourth-order valence-corrected chi connectivity index (χ4v) is 6.38. The molecule has 1 N–H and O–H groups in total. The highest BCUT2D eigenvalue weighted by Gasteiger charge is 2.64. The SMILES string of the molecule is C=C1CC[C@@H](O)[C@]2(C)OC[C@H](C)[C@@H]3C[C@@H](C)[C@@H](OC(C)=O)[C@H]4C(C1)O[C@H]2[C@@H]34. The molecule has 10 atom stereocenters. The molecule has 5 nitrogen and oxygen atoms in total. The maximum absolute atomic E-state index is 11.9. The van der Waals surface area contributed by atoms with E-state index in [1.165, 1.54) is 6.92 Å². The van der Waals surface area contributed by atoms with Crippen molar-refractivity contribution in [3.8, 4) is 0 Å². The van der Waals surface area contributed by atoms with E-state index < -0.39 is 11.7 Å². The number of ether oxygens (including phenoxy) is 3. The van der Waals surface area contributed by atoms with Gasteiger partial charge in [-0.25, -0.2) is 0 Å². The van der Waals surface area contributed by atoms with E-state index in [1.54, 1.807) is 0 Å². The minimum absolute atomic E-state index is 0.0272. The molecule has 4 rings (SSSR count). The molecular weight excluding hydrogens is 344 g/mol. The molecule has 0 aromatic heterocycles. The van der Waals surface area contributed by atoms with Gasteiger partial charge in [-0.05, 0) is 50.4 Å². The van der Waals surface area contributed by atoms with Crippen LogP contribution in [0.4, 0.5) is 0 Å². The molecule has 4 aliphatic rings. The van der Waals surface area contributed by atoms with Gasteiger partial charge < -0.3 is 19.3 Å². The molecule has 1 aliphatic carbocycles. The van der Waals surface area contributed by atoms with Gasteiger partial charge in [-0.3, -0.25) is 4.79 Å². The van der Waals surface area contributed by atoms with Crippen molar-refractivity contribution >= 4 is 5.97 Å². The van der Waals surface area contributed by atoms with Gasteiger partial charge in [0, 0.05) is 18.8 Å². The number of esters is 1. The normalized spacial score (nSPS) is 52.3. The van der Waals surface area contributed by atoms with Gasteiger partial charge in [0.25, 0.3) is 0 Å². The maximum atomic E-state index is 11.9. The fourth-order valence-electron chi connectivity index (χ4n) is 6.38. The second-order valence-corrected chi connectivity index (χ2v) is 9.68. The van der Waals surface area contributed by atoms with Crippen LogP contribution in [0.15, 0.2) is 12.2 Å². The molecule has 27 heavy (non-hydrogen) atoms. The summed E-state index contributed by atoms with van der Waals surface area (Å²) >= 11 is 0. The molecule has 2 bridgehead atoms. The minimum atomic E-state index is -0.730. The van der Waals surface area contributed by atoms with Crippen LogP contribution in [0.2, 0.25) is 0 Å². The highest BCUT2D eigenvalue weighted by atomic mass is 16.6. The highest BCUT2D eigenvalue weighted by Crippen LogP contribution is 2.57. The van der Waals surface area contributed by atoms with E-state index in [0.717, 1.165) is 24.8 Å². The summed E-state index contributed by atoms with van der Waals surface area (Å²) in [4.78, 5) is 11.9. The second-order valence-electron chi connectivity index (χ2n) is 9.68. The topological polar surface area (TPSA) is 65.0 Å². The predicted octanol–water partition coefficient (Wildman–Crippen LogP) is 3.10. The zero-order chi connectivity index (χ0) is 19.5. The Bertz CT molecular complexity index is 618. The van der Waals surface area contributed by atoms with Crippen molar-refractivity contribution in [3.63, 3.8) is 0 Å². The van der Waals surface area contributed by atoms with Crippen LogP contribution in [0.25, 0.3) is 0 Å². The van der Waals surface area contributed by atoms with Crippen molar-refractivity contribution in [1.82, 2.24) is 0 Å². The minimum Gasteiger partial charge on any atom is -0.462 e. The lowest BCUT2D eigenvalue weighted by molar-refractivity contribution is -0.184. The first-order chi connectivity index (χ1) is 12.7. The standard InChI is InChI=1S/C22H34O5/c1-11-6-7-17(24)22(5)21-18-15(13(3)10-25-22)9-12(2)20(26-14(4)23)19(18)16(8-11)27-21/h12-13,15-21,24H,1,6-10H2,2-5H3/t12-,13+,15+,16?,17-,18+,19+,20-,21+,22+/m1/s1. The quantitative estimate of drug-likeness (QED) is 0.561. The molecule has 3 aliphatic heterocycles. The highest BCUT2D eigenvalue weighted by molar-refractivity contribution is 5.66. The smallest absolute Gasteiger partial charge is 0.302 e. The Balaban J connectivity index is 1.81. The van der Waals surface area contributed by atoms with Gasteiger partial charge in [0.2, 0.25) is 0 Å². The van der Waals surface area contributed by atoms with Crippen LogP contribution in [-0.2, 0) is 19.0 Å². The average molecular weight is 379 g/mol. The van der Waals surface area contributed by atoms with Crippen LogP contribution in [-0.4, -0.2) is 47.7 Å². The Hall–Kier alpha value is -0.910. The summed E-state index contributed by atoms with van der Waals surface area (Å²) in [5.41, 5.74) is 0.374. The van der Waals surface area contributed by atoms with E-state index in [4.69, 9.17) is 14.2 Å². The number of aliphatic hydroxyl groups is 1. The molecule has 3 heterocycles. The van der Waals surface area contributed by atoms with Crippen LogP contribution < -0.4 is 0 Å². The lowest BCUT2D eigenvalue weighted by Crippen LogP contribution is -2.56. The van der Waals surface area contributed by atoms with Gasteiger partial charge in [0.05, 0.1) is 24.9 Å². The Morgan fingerprint density at radius 2 is 2.04 bits per heavy atom. The summed E-state index contributed by atoms with van der Waals surface area (Å²) in [6.45, 7) is 12.8. The molecule has 0 aromatic carbocycles. The van der Waals surface area contributed by atoms with Crippen LogP contribution in [0.3, 0.4) is 0 Å². The Labute approximate surface area is 162 Å². The molecule has 5 heteroatoms. The summed E-state index contributed by atoms with van der Waals surface area (Å²) in [7, 11) is 0. The van der Waals surface area contributed by atoms with E-state index in [2.05, 4.69) is 20.4 Å². The van der Waals surface area contributed by atoms with Crippen molar-refractivity contribution in [3.05, 3.63) is 12.2 Å². The Morgan fingerprint density at radius 1 is 1.30 bits per heavy atom. The van der Waals surface area contributed by atoms with Crippen molar-refractivity contribution in [1.29, 1.82) is 0 Å². The molecule has 0 radical (unpaired) electrons. The summed E-state index contributed by atoms with van der Waals surface area (Å²) < 4.78 is 18.9. The third kappa shape index (κ3) is 3.06. The molecule has 3 saturated heterocycles. The maximum Gasteiger partial charge on any atom is 0.302 e. The number of carbonyl (C=O) groups is 1. The number of hydrogen-bond donors (Lipinski definition) is 1. The Kier molecular flexibility index (Phi) is 4.93. The van der Waals surface area contributed by atoms with Crippen LogP contribution in [0.5, 0.6) is 0 Å². The van der Waals surface area contributed by atoms with E-state index in [9.17, 15) is 9.90 Å². The van der Waals surface area contributed by atoms with E-state index in [0.29, 0.717) is 24.9 Å². The van der Waals surface area contributed by atoms with Gasteiger partial charge in [-0.2, -0.15) is 0 Å². The zero-order valence-electron chi connectivity index (χ0n) is 17.0. The number of hydrogen-bond acceptors (Lipinski definition) is 5. The number of fused-ring (bicyclic) bond motifs is 2. The van der Waals surface area contributed by atoms with Crippen LogP contribution >= 0.6 is 0 Å². The van der Waals surface area contributed by atoms with Gasteiger partial charge in [0.1, 0.15) is 11.7 Å². The average Bonchev–Trinajstić information content (AvgIpc) is 2.95. The molecule has 0 spiro atoms. The van der Waals surface area contributed by atoms with Crippen molar-refractivity contribution < 1.29 is 24.1 Å². The summed E-state index contributed by atoms with van der Waals surface area (Å²) in [5.74, 6) is 1.28. The van der Waals surface area contributed by atoms with E-state index in [1.807, 2.05) is 6.92 Å². The third-order valence-electron chi connectivity index (χ3n) is 7.80. The molecule has 0 amide bonds.